The third-order valence-electron chi connectivity index (χ3n) is 4.82. The first kappa shape index (κ1) is 15.8. The van der Waals surface area contributed by atoms with Crippen LogP contribution in [0.2, 0.25) is 15.9 Å². The summed E-state index contributed by atoms with van der Waals surface area (Å²) >= 11 is -2.74. The van der Waals surface area contributed by atoms with E-state index in [0.29, 0.717) is 0 Å². The van der Waals surface area contributed by atoms with Crippen LogP contribution in [0.15, 0.2) is 67.6 Å². The number of hydrogen-bond donors (Lipinski definition) is 0. The molecule has 0 aliphatic heterocycles. The topological polar surface area (TPSA) is 0 Å². The van der Waals surface area contributed by atoms with E-state index in [1.54, 1.807) is 19.1 Å². The fourth-order valence-corrected chi connectivity index (χ4v) is 12.3. The molecule has 2 aliphatic rings. The van der Waals surface area contributed by atoms with E-state index in [-0.39, 0.29) is 0 Å². The Bertz CT molecular complexity index is 731. The molecule has 0 saturated carbocycles. The van der Waals surface area contributed by atoms with E-state index in [4.69, 9.17) is 0 Å². The van der Waals surface area contributed by atoms with Crippen LogP contribution in [0.25, 0.3) is 5.57 Å². The summed E-state index contributed by atoms with van der Waals surface area (Å²) in [5.41, 5.74) is 6.01. The maximum atomic E-state index is 2.59. The average Bonchev–Trinajstić information content (AvgIpc) is 3.10. The fourth-order valence-electron chi connectivity index (χ4n) is 3.22. The van der Waals surface area contributed by atoms with Crippen molar-refractivity contribution < 1.29 is 14.8 Å². The van der Waals surface area contributed by atoms with Crippen LogP contribution < -0.4 is 0 Å². The summed E-state index contributed by atoms with van der Waals surface area (Å²) in [5, 5.41) is 7.78. The molecule has 1 aromatic carbocycles. The van der Waals surface area contributed by atoms with Crippen molar-refractivity contribution >= 4 is 5.57 Å². The molecule has 0 N–H and O–H groups in total. The van der Waals surface area contributed by atoms with E-state index in [0.717, 1.165) is 6.42 Å². The molecule has 0 atom stereocenters. The zero-order valence-corrected chi connectivity index (χ0v) is 16.6. The van der Waals surface area contributed by atoms with Gasteiger partial charge in [-0.3, -0.25) is 0 Å². The Morgan fingerprint density at radius 1 is 0.955 bits per heavy atom. The third kappa shape index (κ3) is 2.42. The quantitative estimate of drug-likeness (QED) is 0.451. The van der Waals surface area contributed by atoms with Gasteiger partial charge >= 0.3 is 136 Å². The first-order chi connectivity index (χ1) is 10.3. The fraction of sp³-hybridized carbons (Fsp3) is 0.333. The summed E-state index contributed by atoms with van der Waals surface area (Å²) in [6.45, 7) is 4.63. The third-order valence-corrected chi connectivity index (χ3v) is 16.5. The van der Waals surface area contributed by atoms with Crippen LogP contribution in [0.3, 0.4) is 0 Å². The number of allylic oxidation sites excluding steroid dienone is 8. The van der Waals surface area contributed by atoms with Gasteiger partial charge < -0.3 is 0 Å². The van der Waals surface area contributed by atoms with Crippen molar-refractivity contribution in [2.75, 3.05) is 0 Å². The van der Waals surface area contributed by atoms with Gasteiger partial charge in [0.15, 0.2) is 0 Å². The van der Waals surface area contributed by atoms with Gasteiger partial charge in [-0.25, -0.2) is 0 Å². The number of hydrogen-bond acceptors (Lipinski definition) is 0. The molecule has 0 radical (unpaired) electrons. The van der Waals surface area contributed by atoms with Crippen LogP contribution in [0.4, 0.5) is 0 Å². The molecule has 0 fully saturated rings. The van der Waals surface area contributed by atoms with Crippen molar-refractivity contribution in [2.45, 2.75) is 42.6 Å². The predicted molar refractivity (Wildman–Crippen MR) is 95.8 cm³/mol. The Kier molecular flexibility index (Phi) is 3.73. The van der Waals surface area contributed by atoms with Crippen LogP contribution in [0.1, 0.15) is 32.3 Å². The molecule has 0 saturated heterocycles. The van der Waals surface area contributed by atoms with Crippen LogP contribution in [-0.2, 0) is 14.8 Å². The van der Waals surface area contributed by atoms with E-state index in [2.05, 4.69) is 78.3 Å². The van der Waals surface area contributed by atoms with Gasteiger partial charge in [-0.1, -0.05) is 0 Å². The molecule has 0 bridgehead atoms. The first-order valence-electron chi connectivity index (χ1n) is 7.60. The molecule has 1 aromatic rings. The van der Waals surface area contributed by atoms with Crippen LogP contribution >= 0.6 is 0 Å². The van der Waals surface area contributed by atoms with Gasteiger partial charge in [-0.15, -0.1) is 0 Å². The molecule has 0 unspecified atom stereocenters. The van der Waals surface area contributed by atoms with Gasteiger partial charge in [0.25, 0.3) is 0 Å². The van der Waals surface area contributed by atoms with Gasteiger partial charge in [-0.05, 0) is 0 Å². The molecule has 3 rings (SSSR count). The Labute approximate surface area is 136 Å². The van der Waals surface area contributed by atoms with Crippen molar-refractivity contribution in [3.05, 3.63) is 73.2 Å². The zero-order chi connectivity index (χ0) is 16.0. The molecule has 2 aliphatic carbocycles. The molecular formula is C21H27Pt. The Balaban J connectivity index is 2.21. The Morgan fingerprint density at radius 3 is 2.23 bits per heavy atom. The zero-order valence-electron chi connectivity index (χ0n) is 14.3. The molecular weight excluding hydrogens is 447 g/mol. The molecule has 121 valence electrons. The van der Waals surface area contributed by atoms with Crippen LogP contribution in [-0.4, -0.2) is 0 Å². The summed E-state index contributed by atoms with van der Waals surface area (Å²) in [6.07, 6.45) is 9.29. The second-order valence-corrected chi connectivity index (χ2v) is 23.9. The SMILES string of the molecule is CC1=C(C)C(c2ccccc2)=[C]([Pt]([CH3])([CH3])([CH3])[C]2=CC=CC2)C1. The van der Waals surface area contributed by atoms with Crippen molar-refractivity contribution in [3.8, 4) is 0 Å². The van der Waals surface area contributed by atoms with Gasteiger partial charge in [0.1, 0.15) is 0 Å². The molecule has 0 aromatic heterocycles. The number of rotatable bonds is 3. The Hall–Kier alpha value is -1.13. The summed E-state index contributed by atoms with van der Waals surface area (Å²) in [6, 6.07) is 11.0. The molecule has 22 heavy (non-hydrogen) atoms. The second kappa shape index (κ2) is 5.20. The summed E-state index contributed by atoms with van der Waals surface area (Å²) in [5.74, 6) is 0. The molecule has 0 heterocycles. The van der Waals surface area contributed by atoms with Crippen molar-refractivity contribution in [2.24, 2.45) is 0 Å². The summed E-state index contributed by atoms with van der Waals surface area (Å²) < 4.78 is 3.46. The molecule has 1 heteroatoms. The Morgan fingerprint density at radius 2 is 1.64 bits per heavy atom. The van der Waals surface area contributed by atoms with Crippen molar-refractivity contribution in [3.63, 3.8) is 0 Å². The standard InChI is InChI=1S/C13H13.C5H5.3CH3.Pt/c1-10-8-9-13(11(10)2)12-6-4-3-5-7-12;1-2-4-5-3-1;;;;/h3-7H,8H2,1-2H3;1-3H,4H2;3*1H3;. The van der Waals surface area contributed by atoms with Gasteiger partial charge in [0, 0.05) is 0 Å². The normalized spacial score (nSPS) is 20.4. The molecule has 0 nitrogen and oxygen atoms in total. The second-order valence-electron chi connectivity index (χ2n) is 6.87. The maximum absolute atomic E-state index is 2.74. The van der Waals surface area contributed by atoms with Gasteiger partial charge in [0.2, 0.25) is 0 Å². The van der Waals surface area contributed by atoms with E-state index in [1.807, 2.05) is 0 Å². The van der Waals surface area contributed by atoms with E-state index in [9.17, 15) is 0 Å². The van der Waals surface area contributed by atoms with Crippen LogP contribution in [0.5, 0.6) is 0 Å². The summed E-state index contributed by atoms with van der Waals surface area (Å²) in [4.78, 5) is 0. The van der Waals surface area contributed by atoms with Crippen LogP contribution in [0, 0.1) is 0 Å². The monoisotopic (exact) mass is 474 g/mol. The number of benzene rings is 1. The minimum absolute atomic E-state index is 1.15. The van der Waals surface area contributed by atoms with E-state index < -0.39 is 14.8 Å². The van der Waals surface area contributed by atoms with Gasteiger partial charge in [-0.2, -0.15) is 0 Å². The average molecular weight is 475 g/mol. The van der Waals surface area contributed by atoms with Crippen molar-refractivity contribution in [1.82, 2.24) is 0 Å². The first-order valence-corrected chi connectivity index (χ1v) is 16.7. The van der Waals surface area contributed by atoms with E-state index >= 15 is 0 Å². The predicted octanol–water partition coefficient (Wildman–Crippen LogP) is 6.82. The van der Waals surface area contributed by atoms with Crippen molar-refractivity contribution in [1.29, 1.82) is 0 Å². The summed E-state index contributed by atoms with van der Waals surface area (Å²) in [7, 11) is 0. The molecule has 0 spiro atoms. The van der Waals surface area contributed by atoms with Gasteiger partial charge in [0.05, 0.1) is 0 Å². The molecule has 0 amide bonds. The van der Waals surface area contributed by atoms with E-state index in [1.165, 1.54) is 17.6 Å². The minimum atomic E-state index is -2.74.